The van der Waals surface area contributed by atoms with Gasteiger partial charge >= 0.3 is 5.97 Å². The number of carbonyl (C=O) groups is 2. The van der Waals surface area contributed by atoms with Gasteiger partial charge in [-0.1, -0.05) is 64.7 Å². The lowest BCUT2D eigenvalue weighted by molar-refractivity contribution is -0.304. The first-order chi connectivity index (χ1) is 22.7. The molecule has 2 saturated heterocycles. The molecule has 0 spiro atoms. The molecule has 3 aliphatic heterocycles. The third-order valence-corrected chi connectivity index (χ3v) is 10.9. The number of nitrogens with zero attached hydrogens (tertiary/aromatic N) is 2. The van der Waals surface area contributed by atoms with Gasteiger partial charge in [0.1, 0.15) is 12.2 Å². The molecule has 0 aromatic heterocycles. The van der Waals surface area contributed by atoms with E-state index in [-0.39, 0.29) is 36.1 Å². The van der Waals surface area contributed by atoms with Gasteiger partial charge in [0.2, 0.25) is 0 Å². The van der Waals surface area contributed by atoms with Gasteiger partial charge in [-0.05, 0) is 91.7 Å². The Morgan fingerprint density at radius 3 is 2.23 bits per heavy atom. The molecule has 276 valence electrons. The van der Waals surface area contributed by atoms with Crippen molar-refractivity contribution in [2.24, 2.45) is 23.7 Å². The van der Waals surface area contributed by atoms with E-state index in [0.717, 1.165) is 38.0 Å². The third kappa shape index (κ3) is 11.7. The highest BCUT2D eigenvalue weighted by Crippen LogP contribution is 2.35. The first-order valence-electron chi connectivity index (χ1n) is 18.6. The number of esters is 1. The van der Waals surface area contributed by atoms with Crippen LogP contribution in [0.5, 0.6) is 0 Å². The van der Waals surface area contributed by atoms with Gasteiger partial charge in [0.15, 0.2) is 12.1 Å². The third-order valence-electron chi connectivity index (χ3n) is 10.9. The number of aliphatic hydroxyl groups is 3. The Labute approximate surface area is 289 Å². The smallest absolute Gasteiger partial charge is 0.308 e. The molecule has 0 radical (unpaired) electrons. The Balaban J connectivity index is 2.02. The van der Waals surface area contributed by atoms with Crippen LogP contribution in [-0.4, -0.2) is 120 Å². The van der Waals surface area contributed by atoms with E-state index in [4.69, 9.17) is 14.2 Å². The van der Waals surface area contributed by atoms with Gasteiger partial charge in [0, 0.05) is 17.8 Å². The van der Waals surface area contributed by atoms with Crippen LogP contribution in [0, 0.1) is 23.7 Å². The molecule has 3 rings (SSSR count). The molecule has 0 aliphatic carbocycles. The van der Waals surface area contributed by atoms with Crippen LogP contribution in [0.25, 0.3) is 0 Å². The summed E-state index contributed by atoms with van der Waals surface area (Å²) in [4.78, 5) is 31.0. The fourth-order valence-corrected chi connectivity index (χ4v) is 7.74. The summed E-state index contributed by atoms with van der Waals surface area (Å²) < 4.78 is 18.7. The molecule has 0 aromatic rings. The molecule has 0 amide bonds. The van der Waals surface area contributed by atoms with Crippen molar-refractivity contribution in [2.45, 2.75) is 148 Å². The highest BCUT2D eigenvalue weighted by molar-refractivity contribution is 5.91. The first-order valence-corrected chi connectivity index (χ1v) is 18.6. The van der Waals surface area contributed by atoms with Crippen LogP contribution in [-0.2, 0) is 23.8 Å². The lowest BCUT2D eigenvalue weighted by Crippen LogP contribution is -2.63. The van der Waals surface area contributed by atoms with Gasteiger partial charge < -0.3 is 39.3 Å². The fourth-order valence-electron chi connectivity index (χ4n) is 7.74. The van der Waals surface area contributed by atoms with Gasteiger partial charge in [-0.25, -0.2) is 0 Å². The number of rotatable bonds is 7. The molecule has 3 heterocycles. The van der Waals surface area contributed by atoms with E-state index >= 15 is 0 Å². The second-order valence-corrected chi connectivity index (χ2v) is 15.1. The van der Waals surface area contributed by atoms with E-state index in [1.807, 2.05) is 46.8 Å². The van der Waals surface area contributed by atoms with Gasteiger partial charge in [-0.2, -0.15) is 0 Å². The topological polar surface area (TPSA) is 129 Å². The maximum absolute atomic E-state index is 13.5. The largest absolute Gasteiger partial charge is 0.462 e. The van der Waals surface area contributed by atoms with Crippen LogP contribution >= 0.6 is 0 Å². The quantitative estimate of drug-likeness (QED) is 0.331. The van der Waals surface area contributed by atoms with Crippen molar-refractivity contribution in [3.63, 3.8) is 0 Å². The standard InChI is InChI=1S/C38H66N2O8/c1-9-32-26(4)21-24(2)15-16-30(41)25(3)22-29(17-20-40-18-13-11-10-12-14-19-40)37(27(5)31(42)23-33(43)47-32)48-38-36(45)34(39(7)8)35(44)28(6)46-38/h15-16,21,25-29,31-32,34-38,42,44-45H,9-14,17-20,22-23H2,1-8H3/b16-15+,24-21+/t25-,26+,27+,28-,29+,31-,32-,34+,35-,36-,37-,38+/m1/s1. The number of cyclic esters (lactones) is 1. The van der Waals surface area contributed by atoms with Crippen molar-refractivity contribution < 1.29 is 39.1 Å². The Kier molecular flexibility index (Phi) is 16.7. The predicted octanol–water partition coefficient (Wildman–Crippen LogP) is 4.50. The van der Waals surface area contributed by atoms with Crippen molar-refractivity contribution in [1.82, 2.24) is 9.80 Å². The van der Waals surface area contributed by atoms with Crippen LogP contribution < -0.4 is 0 Å². The molecular weight excluding hydrogens is 612 g/mol. The van der Waals surface area contributed by atoms with Crippen molar-refractivity contribution in [3.05, 3.63) is 23.8 Å². The van der Waals surface area contributed by atoms with Gasteiger partial charge in [0.25, 0.3) is 0 Å². The number of carbonyl (C=O) groups excluding carboxylic acids is 2. The zero-order valence-corrected chi connectivity index (χ0v) is 30.9. The molecule has 10 nitrogen and oxygen atoms in total. The molecule has 12 atom stereocenters. The van der Waals surface area contributed by atoms with Gasteiger partial charge in [-0.3, -0.25) is 9.59 Å². The summed E-state index contributed by atoms with van der Waals surface area (Å²) in [5.74, 6) is -1.62. The molecule has 0 aromatic carbocycles. The maximum atomic E-state index is 13.5. The van der Waals surface area contributed by atoms with Crippen molar-refractivity contribution >= 4 is 11.8 Å². The summed E-state index contributed by atoms with van der Waals surface area (Å²) >= 11 is 0. The SMILES string of the molecule is CC[C@H]1OC(=O)C[C@@H](O)[C@H](C)[C@@H](O[C@@H]2O[C@H](C)[C@@H](O)[C@H](N(C)C)[C@H]2O)[C@@H](CCN2CCCCCCC2)C[C@@H](C)C(=O)/C=C/C(C)=C/[C@@H]1C. The summed E-state index contributed by atoms with van der Waals surface area (Å²) in [6.45, 7) is 14.3. The monoisotopic (exact) mass is 678 g/mol. The van der Waals surface area contributed by atoms with E-state index in [2.05, 4.69) is 4.90 Å². The van der Waals surface area contributed by atoms with Crippen LogP contribution in [0.2, 0.25) is 0 Å². The number of allylic oxidation sites excluding steroid dienone is 3. The predicted molar refractivity (Wildman–Crippen MR) is 187 cm³/mol. The summed E-state index contributed by atoms with van der Waals surface area (Å²) in [5.41, 5.74) is 0.920. The average molecular weight is 679 g/mol. The number of hydrogen-bond donors (Lipinski definition) is 3. The van der Waals surface area contributed by atoms with E-state index in [0.29, 0.717) is 19.3 Å². The number of aliphatic hydroxyl groups excluding tert-OH is 3. The molecule has 2 fully saturated rings. The Morgan fingerprint density at radius 1 is 0.958 bits per heavy atom. The van der Waals surface area contributed by atoms with E-state index in [1.165, 1.54) is 19.3 Å². The van der Waals surface area contributed by atoms with Crippen molar-refractivity contribution in [1.29, 1.82) is 0 Å². The first kappa shape index (κ1) is 40.8. The van der Waals surface area contributed by atoms with E-state index < -0.39 is 54.7 Å². The highest BCUT2D eigenvalue weighted by atomic mass is 16.7. The minimum absolute atomic E-state index is 0.0162. The van der Waals surface area contributed by atoms with Gasteiger partial charge in [0.05, 0.1) is 36.9 Å². The molecule has 0 saturated carbocycles. The zero-order chi connectivity index (χ0) is 35.5. The fraction of sp³-hybridized carbons (Fsp3) is 0.842. The minimum Gasteiger partial charge on any atom is -0.462 e. The number of likely N-dealkylation sites (N-methyl/N-ethyl adjacent to an activating group) is 1. The molecule has 48 heavy (non-hydrogen) atoms. The number of ketones is 1. The van der Waals surface area contributed by atoms with Crippen LogP contribution in [0.3, 0.4) is 0 Å². The zero-order valence-electron chi connectivity index (χ0n) is 30.9. The molecule has 0 unspecified atom stereocenters. The Bertz CT molecular complexity index is 1060. The summed E-state index contributed by atoms with van der Waals surface area (Å²) in [7, 11) is 3.59. The minimum atomic E-state index is -1.17. The highest BCUT2D eigenvalue weighted by Gasteiger charge is 2.47. The molecule has 3 N–H and O–H groups in total. The number of hydrogen-bond acceptors (Lipinski definition) is 10. The van der Waals surface area contributed by atoms with Crippen molar-refractivity contribution in [2.75, 3.05) is 33.7 Å². The number of ether oxygens (including phenoxy) is 3. The van der Waals surface area contributed by atoms with E-state index in [9.17, 15) is 24.9 Å². The Hall–Kier alpha value is -1.66. The summed E-state index contributed by atoms with van der Waals surface area (Å²) in [6.07, 6.45) is 7.23. The second-order valence-electron chi connectivity index (χ2n) is 15.1. The normalized spacial score (nSPS) is 40.8. The van der Waals surface area contributed by atoms with E-state index in [1.54, 1.807) is 32.0 Å². The van der Waals surface area contributed by atoms with Crippen LogP contribution in [0.1, 0.15) is 99.3 Å². The average Bonchev–Trinajstić information content (AvgIpc) is 3.01. The molecular formula is C38H66N2O8. The lowest BCUT2D eigenvalue weighted by atomic mass is 9.79. The molecule has 3 aliphatic rings. The second kappa shape index (κ2) is 19.7. The molecule has 10 heteroatoms. The molecule has 0 bridgehead atoms. The Morgan fingerprint density at radius 2 is 1.60 bits per heavy atom. The van der Waals surface area contributed by atoms with Gasteiger partial charge in [-0.15, -0.1) is 0 Å². The lowest BCUT2D eigenvalue weighted by Gasteiger charge is -2.47. The summed E-state index contributed by atoms with van der Waals surface area (Å²) in [6, 6.07) is -0.630. The summed E-state index contributed by atoms with van der Waals surface area (Å²) in [5, 5.41) is 33.9. The maximum Gasteiger partial charge on any atom is 0.308 e. The van der Waals surface area contributed by atoms with Crippen molar-refractivity contribution in [3.8, 4) is 0 Å². The van der Waals surface area contributed by atoms with Crippen LogP contribution in [0.4, 0.5) is 0 Å². The number of likely N-dealkylation sites (tertiary alicyclic amines) is 1. The van der Waals surface area contributed by atoms with Crippen LogP contribution in [0.15, 0.2) is 23.8 Å².